The van der Waals surface area contributed by atoms with E-state index in [-0.39, 0.29) is 5.91 Å². The number of aromatic nitrogens is 2. The van der Waals surface area contributed by atoms with Crippen molar-refractivity contribution >= 4 is 68.7 Å². The quantitative estimate of drug-likeness (QED) is 0.144. The van der Waals surface area contributed by atoms with Crippen LogP contribution in [0.4, 0.5) is 33.4 Å². The summed E-state index contributed by atoms with van der Waals surface area (Å²) >= 11 is 1.04. The summed E-state index contributed by atoms with van der Waals surface area (Å²) in [5.41, 5.74) is 2.78. The van der Waals surface area contributed by atoms with Crippen molar-refractivity contribution in [1.82, 2.24) is 9.97 Å². The zero-order valence-corrected chi connectivity index (χ0v) is 24.9. The Morgan fingerprint density at radius 2 is 1.50 bits per heavy atom. The second kappa shape index (κ2) is 12.6. The lowest BCUT2D eigenvalue weighted by molar-refractivity contribution is 0.0635. The summed E-state index contributed by atoms with van der Waals surface area (Å²) in [6.07, 6.45) is 6.31. The second-order valence-electron chi connectivity index (χ2n) is 10.5. The van der Waals surface area contributed by atoms with Crippen LogP contribution in [0.3, 0.4) is 0 Å². The lowest BCUT2D eigenvalue weighted by Crippen LogP contribution is -2.27. The van der Waals surface area contributed by atoms with Gasteiger partial charge < -0.3 is 20.7 Å². The summed E-state index contributed by atoms with van der Waals surface area (Å²) < 4.78 is 5.30. The Kier molecular flexibility index (Phi) is 8.55. The standard InChI is InChI=1S/C33H28N6O4S/c1-5-20-9-8-10-21(17-20)36-29-23-14-13-22(18-26(23)34-19-35-29)37-30(40)27-15-16-28(44-27)31(41)38-24-11-6-7-12-25(24)39-32(42)43-33(2,3)4/h1,6-19H,2-4H3,(H,37,40)(H,38,41)(H,39,42)(H,34,35,36). The molecule has 0 aliphatic carbocycles. The predicted octanol–water partition coefficient (Wildman–Crippen LogP) is 7.27. The fraction of sp³-hybridized carbons (Fsp3) is 0.121. The van der Waals surface area contributed by atoms with Crippen LogP contribution in [0.25, 0.3) is 10.9 Å². The van der Waals surface area contributed by atoms with Crippen molar-refractivity contribution in [2.24, 2.45) is 0 Å². The molecule has 4 N–H and O–H groups in total. The molecule has 3 aromatic carbocycles. The smallest absolute Gasteiger partial charge is 0.412 e. The van der Waals surface area contributed by atoms with Crippen LogP contribution in [-0.2, 0) is 4.74 Å². The molecule has 0 radical (unpaired) electrons. The van der Waals surface area contributed by atoms with Gasteiger partial charge in [-0.15, -0.1) is 17.8 Å². The van der Waals surface area contributed by atoms with Crippen molar-refractivity contribution < 1.29 is 19.1 Å². The van der Waals surface area contributed by atoms with Crippen molar-refractivity contribution in [3.63, 3.8) is 0 Å². The number of benzene rings is 3. The number of carbonyl (C=O) groups excluding carboxylic acids is 3. The van der Waals surface area contributed by atoms with Gasteiger partial charge in [0, 0.05) is 22.3 Å². The van der Waals surface area contributed by atoms with Gasteiger partial charge in [0.05, 0.1) is 26.6 Å². The molecular formula is C33H28N6O4S. The van der Waals surface area contributed by atoms with Gasteiger partial charge in [-0.25, -0.2) is 14.8 Å². The normalized spacial score (nSPS) is 10.9. The van der Waals surface area contributed by atoms with Crippen molar-refractivity contribution in [2.45, 2.75) is 26.4 Å². The van der Waals surface area contributed by atoms with Gasteiger partial charge in [0.1, 0.15) is 17.7 Å². The Labute approximate surface area is 257 Å². The van der Waals surface area contributed by atoms with Crippen molar-refractivity contribution in [3.05, 3.63) is 101 Å². The molecule has 3 amide bonds. The van der Waals surface area contributed by atoms with Crippen LogP contribution in [0, 0.1) is 12.3 Å². The molecule has 2 heterocycles. The molecule has 2 aromatic heterocycles. The summed E-state index contributed by atoms with van der Waals surface area (Å²) in [6.45, 7) is 5.28. The summed E-state index contributed by atoms with van der Waals surface area (Å²) in [7, 11) is 0. The van der Waals surface area contributed by atoms with E-state index in [1.165, 1.54) is 6.33 Å². The Bertz CT molecular complexity index is 1920. The van der Waals surface area contributed by atoms with E-state index in [1.807, 2.05) is 30.3 Å². The fourth-order valence-electron chi connectivity index (χ4n) is 4.13. The van der Waals surface area contributed by atoms with Gasteiger partial charge in [-0.3, -0.25) is 14.9 Å². The topological polar surface area (TPSA) is 134 Å². The molecule has 0 aliphatic rings. The van der Waals surface area contributed by atoms with E-state index < -0.39 is 17.6 Å². The van der Waals surface area contributed by atoms with E-state index >= 15 is 0 Å². The average Bonchev–Trinajstić information content (AvgIpc) is 3.48. The Balaban J connectivity index is 1.25. The van der Waals surface area contributed by atoms with Gasteiger partial charge >= 0.3 is 6.09 Å². The van der Waals surface area contributed by atoms with Gasteiger partial charge in [-0.2, -0.15) is 0 Å². The maximum Gasteiger partial charge on any atom is 0.412 e. The highest BCUT2D eigenvalue weighted by Crippen LogP contribution is 2.28. The first kappa shape index (κ1) is 29.8. The number of hydrogen-bond acceptors (Lipinski definition) is 8. The molecule has 44 heavy (non-hydrogen) atoms. The minimum absolute atomic E-state index is 0.318. The lowest BCUT2D eigenvalue weighted by Gasteiger charge is -2.20. The zero-order chi connectivity index (χ0) is 31.3. The van der Waals surface area contributed by atoms with Crippen LogP contribution in [0.15, 0.2) is 85.2 Å². The van der Waals surface area contributed by atoms with Gasteiger partial charge in [0.25, 0.3) is 11.8 Å². The highest BCUT2D eigenvalue weighted by molar-refractivity contribution is 7.16. The third-order valence-electron chi connectivity index (χ3n) is 6.05. The highest BCUT2D eigenvalue weighted by atomic mass is 32.1. The van der Waals surface area contributed by atoms with Gasteiger partial charge in [-0.05, 0) is 81.4 Å². The number of carbonyl (C=O) groups is 3. The van der Waals surface area contributed by atoms with Crippen LogP contribution >= 0.6 is 11.3 Å². The van der Waals surface area contributed by atoms with Crippen LogP contribution in [-0.4, -0.2) is 33.5 Å². The minimum atomic E-state index is -0.674. The molecule has 0 fully saturated rings. The molecule has 5 rings (SSSR count). The minimum Gasteiger partial charge on any atom is -0.444 e. The summed E-state index contributed by atoms with van der Waals surface area (Å²) in [5.74, 6) is 2.40. The molecule has 0 saturated carbocycles. The first-order chi connectivity index (χ1) is 21.1. The molecule has 11 heteroatoms. The number of thiophene rings is 1. The number of rotatable bonds is 7. The molecule has 0 aliphatic heterocycles. The molecule has 0 bridgehead atoms. The molecule has 0 unspecified atom stereocenters. The van der Waals surface area contributed by atoms with Crippen molar-refractivity contribution in [3.8, 4) is 12.3 Å². The maximum atomic E-state index is 13.0. The van der Waals surface area contributed by atoms with Crippen LogP contribution in [0.5, 0.6) is 0 Å². The number of amides is 3. The third-order valence-corrected chi connectivity index (χ3v) is 7.13. The van der Waals surface area contributed by atoms with Crippen molar-refractivity contribution in [1.29, 1.82) is 0 Å². The predicted molar refractivity (Wildman–Crippen MR) is 174 cm³/mol. The molecule has 10 nitrogen and oxygen atoms in total. The van der Waals surface area contributed by atoms with E-state index in [2.05, 4.69) is 37.2 Å². The average molecular weight is 605 g/mol. The molecular weight excluding hydrogens is 576 g/mol. The number of para-hydroxylation sites is 2. The first-order valence-electron chi connectivity index (χ1n) is 13.5. The number of terminal acetylenes is 1. The van der Waals surface area contributed by atoms with Crippen LogP contribution < -0.4 is 21.3 Å². The number of fused-ring (bicyclic) bond motifs is 1. The molecule has 0 atom stereocenters. The Hall–Kier alpha value is -5.73. The number of nitrogens with one attached hydrogen (secondary N) is 4. The summed E-state index contributed by atoms with van der Waals surface area (Å²) in [5, 5.41) is 12.3. The van der Waals surface area contributed by atoms with E-state index in [1.54, 1.807) is 69.3 Å². The van der Waals surface area contributed by atoms with E-state index in [9.17, 15) is 14.4 Å². The lowest BCUT2D eigenvalue weighted by atomic mass is 10.2. The SMILES string of the molecule is C#Cc1cccc(Nc2ncnc3cc(NC(=O)c4ccc(C(=O)Nc5ccccc5NC(=O)OC(C)(C)C)s4)ccc23)c1. The monoisotopic (exact) mass is 604 g/mol. The number of hydrogen-bond donors (Lipinski definition) is 4. The summed E-state index contributed by atoms with van der Waals surface area (Å²) in [4.78, 5) is 47.7. The fourth-order valence-corrected chi connectivity index (χ4v) is 4.93. The van der Waals surface area contributed by atoms with Crippen LogP contribution in [0.1, 0.15) is 45.7 Å². The number of anilines is 5. The number of ether oxygens (including phenoxy) is 1. The van der Waals surface area contributed by atoms with E-state index in [4.69, 9.17) is 11.2 Å². The van der Waals surface area contributed by atoms with Gasteiger partial charge in [-0.1, -0.05) is 24.1 Å². The van der Waals surface area contributed by atoms with Gasteiger partial charge in [0.15, 0.2) is 0 Å². The third kappa shape index (κ3) is 7.36. The first-order valence-corrected chi connectivity index (χ1v) is 14.3. The largest absolute Gasteiger partial charge is 0.444 e. The number of nitrogens with zero attached hydrogens (tertiary/aromatic N) is 2. The van der Waals surface area contributed by atoms with Crippen molar-refractivity contribution in [2.75, 3.05) is 21.3 Å². The Morgan fingerprint density at radius 3 is 2.20 bits per heavy atom. The summed E-state index contributed by atoms with van der Waals surface area (Å²) in [6, 6.07) is 22.7. The van der Waals surface area contributed by atoms with Gasteiger partial charge in [0.2, 0.25) is 0 Å². The zero-order valence-electron chi connectivity index (χ0n) is 24.1. The van der Waals surface area contributed by atoms with Crippen LogP contribution in [0.2, 0.25) is 0 Å². The Morgan fingerprint density at radius 1 is 0.795 bits per heavy atom. The molecule has 5 aromatic rings. The van der Waals surface area contributed by atoms with E-state index in [0.717, 1.165) is 28.0 Å². The maximum absolute atomic E-state index is 13.0. The molecule has 0 spiro atoms. The molecule has 0 saturated heterocycles. The van der Waals surface area contributed by atoms with E-state index in [0.29, 0.717) is 38.2 Å². The highest BCUT2D eigenvalue weighted by Gasteiger charge is 2.19. The molecule has 220 valence electrons. The second-order valence-corrected chi connectivity index (χ2v) is 11.6.